The van der Waals surface area contributed by atoms with E-state index in [1.54, 1.807) is 0 Å². The maximum atomic E-state index is 3.42. The zero-order chi connectivity index (χ0) is 13.6. The molecule has 0 unspecified atom stereocenters. The van der Waals surface area contributed by atoms with Gasteiger partial charge in [0.05, 0.1) is 0 Å². The molecule has 0 bridgehead atoms. The summed E-state index contributed by atoms with van der Waals surface area (Å²) in [4.78, 5) is 2.62. The Morgan fingerprint density at radius 3 is 1.83 bits per heavy atom. The van der Waals surface area contributed by atoms with Gasteiger partial charge in [-0.1, -0.05) is 34.1 Å². The Hall–Kier alpha value is -0.120. The van der Waals surface area contributed by atoms with Gasteiger partial charge in [0.15, 0.2) is 0 Å². The molecule has 0 saturated carbocycles. The topological polar surface area (TPSA) is 27.3 Å². The molecular formula is C15H35N3. The van der Waals surface area contributed by atoms with Crippen molar-refractivity contribution in [3.63, 3.8) is 0 Å². The highest BCUT2D eigenvalue weighted by atomic mass is 15.2. The molecule has 0 aromatic carbocycles. The van der Waals surface area contributed by atoms with Crippen LogP contribution in [0.4, 0.5) is 0 Å². The minimum atomic E-state index is 0.958. The summed E-state index contributed by atoms with van der Waals surface area (Å²) in [6.45, 7) is 16.9. The van der Waals surface area contributed by atoms with Crippen LogP contribution in [0.1, 0.15) is 47.0 Å². The first kappa shape index (κ1) is 17.9. The molecule has 3 heteroatoms. The van der Waals surface area contributed by atoms with Gasteiger partial charge in [0.2, 0.25) is 0 Å². The molecule has 0 radical (unpaired) electrons. The lowest BCUT2D eigenvalue weighted by atomic mass is 9.97. The van der Waals surface area contributed by atoms with Crippen molar-refractivity contribution in [1.29, 1.82) is 0 Å². The van der Waals surface area contributed by atoms with Gasteiger partial charge in [-0.3, -0.25) is 0 Å². The molecule has 18 heavy (non-hydrogen) atoms. The molecule has 2 N–H and O–H groups in total. The van der Waals surface area contributed by atoms with E-state index in [-0.39, 0.29) is 0 Å². The highest BCUT2D eigenvalue weighted by molar-refractivity contribution is 4.75. The zero-order valence-electron chi connectivity index (χ0n) is 13.1. The number of piperidine rings is 1. The SMILES string of the molecule is C1CC(CN2CCNCC2)CCN1.CC.CCC. The molecule has 0 aromatic heterocycles. The van der Waals surface area contributed by atoms with E-state index in [4.69, 9.17) is 0 Å². The molecule has 3 nitrogen and oxygen atoms in total. The Morgan fingerprint density at radius 2 is 1.33 bits per heavy atom. The van der Waals surface area contributed by atoms with E-state index in [1.165, 1.54) is 65.1 Å². The second kappa shape index (κ2) is 13.3. The average Bonchev–Trinajstić information content (AvgIpc) is 2.44. The van der Waals surface area contributed by atoms with Crippen LogP contribution in [0.3, 0.4) is 0 Å². The van der Waals surface area contributed by atoms with Crippen molar-refractivity contribution in [2.24, 2.45) is 5.92 Å². The average molecular weight is 257 g/mol. The van der Waals surface area contributed by atoms with Crippen LogP contribution < -0.4 is 10.6 Å². The second-order valence-corrected chi connectivity index (χ2v) is 4.95. The molecule has 0 spiro atoms. The van der Waals surface area contributed by atoms with Gasteiger partial charge < -0.3 is 15.5 Å². The summed E-state index contributed by atoms with van der Waals surface area (Å²) in [6.07, 6.45) is 4.01. The predicted octanol–water partition coefficient (Wildman–Crippen LogP) is 2.33. The van der Waals surface area contributed by atoms with E-state index in [2.05, 4.69) is 29.4 Å². The third kappa shape index (κ3) is 8.90. The molecule has 2 fully saturated rings. The highest BCUT2D eigenvalue weighted by Gasteiger charge is 2.17. The lowest BCUT2D eigenvalue weighted by Gasteiger charge is -2.32. The summed E-state index contributed by atoms with van der Waals surface area (Å²) in [5, 5.41) is 6.82. The zero-order valence-corrected chi connectivity index (χ0v) is 13.1. The predicted molar refractivity (Wildman–Crippen MR) is 82.2 cm³/mol. The van der Waals surface area contributed by atoms with Crippen molar-refractivity contribution < 1.29 is 0 Å². The van der Waals surface area contributed by atoms with Crippen molar-refractivity contribution in [2.45, 2.75) is 47.0 Å². The first-order valence-electron chi connectivity index (χ1n) is 8.00. The Balaban J connectivity index is 0.000000509. The van der Waals surface area contributed by atoms with E-state index in [0.717, 1.165) is 5.92 Å². The summed E-state index contributed by atoms with van der Waals surface area (Å²) in [7, 11) is 0. The van der Waals surface area contributed by atoms with Gasteiger partial charge in [0.25, 0.3) is 0 Å². The second-order valence-electron chi connectivity index (χ2n) is 4.95. The van der Waals surface area contributed by atoms with Crippen LogP contribution in [0.5, 0.6) is 0 Å². The summed E-state index contributed by atoms with van der Waals surface area (Å²) < 4.78 is 0. The molecule has 2 heterocycles. The van der Waals surface area contributed by atoms with Gasteiger partial charge >= 0.3 is 0 Å². The monoisotopic (exact) mass is 257 g/mol. The fraction of sp³-hybridized carbons (Fsp3) is 1.00. The van der Waals surface area contributed by atoms with Gasteiger partial charge in [-0.15, -0.1) is 0 Å². The summed E-state index contributed by atoms with van der Waals surface area (Å²) in [5.41, 5.74) is 0. The first-order valence-corrected chi connectivity index (χ1v) is 8.00. The molecule has 2 saturated heterocycles. The summed E-state index contributed by atoms with van der Waals surface area (Å²) in [6, 6.07) is 0. The number of hydrogen-bond donors (Lipinski definition) is 2. The van der Waals surface area contributed by atoms with E-state index >= 15 is 0 Å². The molecule has 0 aromatic rings. The Kier molecular flexibility index (Phi) is 13.2. The molecule has 0 aliphatic carbocycles. The minimum absolute atomic E-state index is 0.958. The van der Waals surface area contributed by atoms with Gasteiger partial charge in [0, 0.05) is 32.7 Å². The van der Waals surface area contributed by atoms with E-state index in [1.807, 2.05) is 13.8 Å². The summed E-state index contributed by atoms with van der Waals surface area (Å²) in [5.74, 6) is 0.958. The van der Waals surface area contributed by atoms with Crippen molar-refractivity contribution in [3.05, 3.63) is 0 Å². The number of nitrogens with zero attached hydrogens (tertiary/aromatic N) is 1. The lowest BCUT2D eigenvalue weighted by Crippen LogP contribution is -2.46. The van der Waals surface area contributed by atoms with Gasteiger partial charge in [-0.25, -0.2) is 0 Å². The smallest absolute Gasteiger partial charge is 0.0107 e. The van der Waals surface area contributed by atoms with Crippen LogP contribution in [0.2, 0.25) is 0 Å². The Labute approximate surface area is 115 Å². The fourth-order valence-corrected chi connectivity index (χ4v) is 2.32. The van der Waals surface area contributed by atoms with E-state index in [9.17, 15) is 0 Å². The third-order valence-electron chi connectivity index (χ3n) is 3.18. The van der Waals surface area contributed by atoms with Crippen molar-refractivity contribution in [1.82, 2.24) is 15.5 Å². The Bertz CT molecular complexity index is 134. The number of nitrogens with one attached hydrogen (secondary N) is 2. The largest absolute Gasteiger partial charge is 0.317 e. The van der Waals surface area contributed by atoms with Crippen molar-refractivity contribution >= 4 is 0 Å². The summed E-state index contributed by atoms with van der Waals surface area (Å²) >= 11 is 0. The third-order valence-corrected chi connectivity index (χ3v) is 3.18. The number of rotatable bonds is 2. The van der Waals surface area contributed by atoms with Gasteiger partial charge in [-0.05, 0) is 31.8 Å². The van der Waals surface area contributed by atoms with Crippen LogP contribution in [0.15, 0.2) is 0 Å². The first-order chi connectivity index (χ1) is 8.86. The van der Waals surface area contributed by atoms with Crippen LogP contribution in [0.25, 0.3) is 0 Å². The quantitative estimate of drug-likeness (QED) is 0.795. The minimum Gasteiger partial charge on any atom is -0.317 e. The van der Waals surface area contributed by atoms with Gasteiger partial charge in [0.1, 0.15) is 0 Å². The van der Waals surface area contributed by atoms with E-state index in [0.29, 0.717) is 0 Å². The van der Waals surface area contributed by atoms with Gasteiger partial charge in [-0.2, -0.15) is 0 Å². The lowest BCUT2D eigenvalue weighted by molar-refractivity contribution is 0.186. The van der Waals surface area contributed by atoms with Crippen LogP contribution in [0, 0.1) is 5.92 Å². The van der Waals surface area contributed by atoms with Crippen LogP contribution in [-0.4, -0.2) is 50.7 Å². The maximum absolute atomic E-state index is 3.42. The molecular weight excluding hydrogens is 222 g/mol. The Morgan fingerprint density at radius 1 is 0.889 bits per heavy atom. The molecule has 2 aliphatic heterocycles. The normalized spacial score (nSPS) is 21.3. The van der Waals surface area contributed by atoms with Crippen LogP contribution in [-0.2, 0) is 0 Å². The molecule has 110 valence electrons. The molecule has 2 rings (SSSR count). The fourth-order valence-electron chi connectivity index (χ4n) is 2.32. The van der Waals surface area contributed by atoms with Crippen LogP contribution >= 0.6 is 0 Å². The highest BCUT2D eigenvalue weighted by Crippen LogP contribution is 2.13. The van der Waals surface area contributed by atoms with Crippen molar-refractivity contribution in [3.8, 4) is 0 Å². The van der Waals surface area contributed by atoms with E-state index < -0.39 is 0 Å². The van der Waals surface area contributed by atoms with Crippen molar-refractivity contribution in [2.75, 3.05) is 45.8 Å². The number of hydrogen-bond acceptors (Lipinski definition) is 3. The molecule has 0 amide bonds. The maximum Gasteiger partial charge on any atom is 0.0107 e. The molecule has 0 atom stereocenters. The number of piperazine rings is 1. The molecule has 2 aliphatic rings. The standard InChI is InChI=1S/C10H21N3.C3H8.C2H6/c1-3-11-4-2-10(1)9-13-7-5-12-6-8-13;1-3-2;1-2/h10-12H,1-9H2;3H2,1-2H3;1-2H3.